The first-order chi connectivity index (χ1) is 8.15. The molecule has 0 aliphatic heterocycles. The first-order valence-corrected chi connectivity index (χ1v) is 6.22. The lowest BCUT2D eigenvalue weighted by Gasteiger charge is -2.11. The van der Waals surface area contributed by atoms with Crippen LogP contribution in [0.1, 0.15) is 17.2 Å². The van der Waals surface area contributed by atoms with Gasteiger partial charge in [-0.1, -0.05) is 40.2 Å². The number of rotatable bonds is 3. The summed E-state index contributed by atoms with van der Waals surface area (Å²) in [4.78, 5) is 0. The number of halogens is 1. The second-order valence-corrected chi connectivity index (χ2v) is 4.93. The van der Waals surface area contributed by atoms with Crippen molar-refractivity contribution in [2.24, 2.45) is 0 Å². The van der Waals surface area contributed by atoms with Gasteiger partial charge < -0.3 is 10.8 Å². The van der Waals surface area contributed by atoms with Gasteiger partial charge in [0.05, 0.1) is 6.10 Å². The second kappa shape index (κ2) is 5.34. The minimum atomic E-state index is -0.495. The van der Waals surface area contributed by atoms with Crippen molar-refractivity contribution in [2.45, 2.75) is 12.5 Å². The van der Waals surface area contributed by atoms with Gasteiger partial charge in [0, 0.05) is 16.6 Å². The Morgan fingerprint density at radius 3 is 2.47 bits per heavy atom. The van der Waals surface area contributed by atoms with Gasteiger partial charge in [0.25, 0.3) is 0 Å². The molecule has 3 heteroatoms. The number of hydrogen-bond acceptors (Lipinski definition) is 2. The Morgan fingerprint density at radius 1 is 1.12 bits per heavy atom. The highest BCUT2D eigenvalue weighted by Crippen LogP contribution is 2.21. The van der Waals surface area contributed by atoms with Crippen molar-refractivity contribution in [3.8, 4) is 0 Å². The van der Waals surface area contributed by atoms with E-state index in [1.807, 2.05) is 36.4 Å². The lowest BCUT2D eigenvalue weighted by Crippen LogP contribution is -2.01. The first-order valence-electron chi connectivity index (χ1n) is 5.43. The Bertz CT molecular complexity index is 496. The fourth-order valence-corrected chi connectivity index (χ4v) is 2.17. The molecule has 2 aromatic rings. The molecule has 0 saturated carbocycles. The summed E-state index contributed by atoms with van der Waals surface area (Å²) in [6.45, 7) is 0. The normalized spacial score (nSPS) is 12.4. The maximum Gasteiger partial charge on any atom is 0.0830 e. The summed E-state index contributed by atoms with van der Waals surface area (Å²) in [7, 11) is 0. The smallest absolute Gasteiger partial charge is 0.0830 e. The molecule has 0 fully saturated rings. The van der Waals surface area contributed by atoms with E-state index in [0.29, 0.717) is 12.1 Å². The van der Waals surface area contributed by atoms with Crippen LogP contribution in [0, 0.1) is 0 Å². The predicted octanol–water partition coefficient (Wildman–Crippen LogP) is 3.31. The third kappa shape index (κ3) is 3.32. The van der Waals surface area contributed by atoms with Crippen molar-refractivity contribution in [1.82, 2.24) is 0 Å². The zero-order valence-electron chi connectivity index (χ0n) is 9.31. The molecule has 0 bridgehead atoms. The van der Waals surface area contributed by atoms with Crippen molar-refractivity contribution in [3.05, 3.63) is 64.1 Å². The highest BCUT2D eigenvalue weighted by molar-refractivity contribution is 9.10. The third-order valence-corrected chi connectivity index (χ3v) is 3.13. The minimum Gasteiger partial charge on any atom is -0.399 e. The standard InChI is InChI=1S/C14H14BrNO/c15-12-3-1-2-10(8-12)9-14(17)11-4-6-13(16)7-5-11/h1-8,14,17H,9,16H2. The molecule has 0 aromatic heterocycles. The number of nitrogens with two attached hydrogens (primary N) is 1. The number of aliphatic hydroxyl groups is 1. The third-order valence-electron chi connectivity index (χ3n) is 2.64. The maximum atomic E-state index is 10.1. The molecular formula is C14H14BrNO. The largest absolute Gasteiger partial charge is 0.399 e. The summed E-state index contributed by atoms with van der Waals surface area (Å²) < 4.78 is 1.03. The molecule has 2 nitrogen and oxygen atoms in total. The van der Waals surface area contributed by atoms with Crippen molar-refractivity contribution >= 4 is 21.6 Å². The molecule has 88 valence electrons. The van der Waals surface area contributed by atoms with Crippen LogP contribution in [0.2, 0.25) is 0 Å². The highest BCUT2D eigenvalue weighted by Gasteiger charge is 2.08. The van der Waals surface area contributed by atoms with Crippen LogP contribution in [0.4, 0.5) is 5.69 Å². The molecule has 0 saturated heterocycles. The van der Waals surface area contributed by atoms with E-state index >= 15 is 0 Å². The molecule has 17 heavy (non-hydrogen) atoms. The molecule has 0 aliphatic carbocycles. The summed E-state index contributed by atoms with van der Waals surface area (Å²) in [6.07, 6.45) is 0.105. The minimum absolute atomic E-state index is 0.495. The van der Waals surface area contributed by atoms with E-state index in [-0.39, 0.29) is 0 Å². The Morgan fingerprint density at radius 2 is 1.82 bits per heavy atom. The molecule has 0 aliphatic rings. The van der Waals surface area contributed by atoms with Crippen LogP contribution in [0.3, 0.4) is 0 Å². The van der Waals surface area contributed by atoms with E-state index in [4.69, 9.17) is 5.73 Å². The number of anilines is 1. The molecule has 1 unspecified atom stereocenters. The summed E-state index contributed by atoms with van der Waals surface area (Å²) in [5.74, 6) is 0. The van der Waals surface area contributed by atoms with E-state index in [1.165, 1.54) is 0 Å². The van der Waals surface area contributed by atoms with Crippen molar-refractivity contribution in [2.75, 3.05) is 5.73 Å². The van der Waals surface area contributed by atoms with Gasteiger partial charge in [-0.3, -0.25) is 0 Å². The quantitative estimate of drug-likeness (QED) is 0.853. The van der Waals surface area contributed by atoms with E-state index in [9.17, 15) is 5.11 Å². The zero-order chi connectivity index (χ0) is 12.3. The number of aliphatic hydroxyl groups excluding tert-OH is 1. The van der Waals surface area contributed by atoms with Crippen LogP contribution in [0.5, 0.6) is 0 Å². The SMILES string of the molecule is Nc1ccc(C(O)Cc2cccc(Br)c2)cc1. The van der Waals surface area contributed by atoms with Crippen LogP contribution >= 0.6 is 15.9 Å². The van der Waals surface area contributed by atoms with Gasteiger partial charge in [0.2, 0.25) is 0 Å². The van der Waals surface area contributed by atoms with Gasteiger partial charge in [-0.25, -0.2) is 0 Å². The lowest BCUT2D eigenvalue weighted by molar-refractivity contribution is 0.178. The van der Waals surface area contributed by atoms with E-state index in [2.05, 4.69) is 15.9 Å². The highest BCUT2D eigenvalue weighted by atomic mass is 79.9. The molecule has 0 radical (unpaired) electrons. The Labute approximate surface area is 109 Å². The van der Waals surface area contributed by atoms with Gasteiger partial charge in [0.15, 0.2) is 0 Å². The molecule has 3 N–H and O–H groups in total. The molecule has 2 rings (SSSR count). The zero-order valence-corrected chi connectivity index (χ0v) is 10.9. The van der Waals surface area contributed by atoms with Crippen LogP contribution in [0.15, 0.2) is 53.0 Å². The Balaban J connectivity index is 2.11. The van der Waals surface area contributed by atoms with Gasteiger partial charge >= 0.3 is 0 Å². The fraction of sp³-hybridized carbons (Fsp3) is 0.143. The number of hydrogen-bond donors (Lipinski definition) is 2. The molecule has 0 spiro atoms. The van der Waals surface area contributed by atoms with Crippen LogP contribution in [0.25, 0.3) is 0 Å². The van der Waals surface area contributed by atoms with Gasteiger partial charge in [0.1, 0.15) is 0 Å². The van der Waals surface area contributed by atoms with Crippen molar-refractivity contribution in [1.29, 1.82) is 0 Å². The fourth-order valence-electron chi connectivity index (χ4n) is 1.72. The predicted molar refractivity (Wildman–Crippen MR) is 73.7 cm³/mol. The van der Waals surface area contributed by atoms with E-state index < -0.39 is 6.10 Å². The number of benzene rings is 2. The summed E-state index contributed by atoms with van der Waals surface area (Å²) in [6, 6.07) is 15.3. The van der Waals surface area contributed by atoms with Crippen LogP contribution in [-0.4, -0.2) is 5.11 Å². The van der Waals surface area contributed by atoms with Gasteiger partial charge in [-0.2, -0.15) is 0 Å². The van der Waals surface area contributed by atoms with Crippen molar-refractivity contribution in [3.63, 3.8) is 0 Å². The monoisotopic (exact) mass is 291 g/mol. The second-order valence-electron chi connectivity index (χ2n) is 4.02. The van der Waals surface area contributed by atoms with Crippen LogP contribution in [-0.2, 0) is 6.42 Å². The van der Waals surface area contributed by atoms with E-state index in [0.717, 1.165) is 15.6 Å². The average molecular weight is 292 g/mol. The van der Waals surface area contributed by atoms with Gasteiger partial charge in [-0.05, 0) is 35.4 Å². The summed E-state index contributed by atoms with van der Waals surface area (Å²) in [5.41, 5.74) is 8.31. The lowest BCUT2D eigenvalue weighted by atomic mass is 10.0. The summed E-state index contributed by atoms with van der Waals surface area (Å²) >= 11 is 3.42. The molecule has 2 aromatic carbocycles. The summed E-state index contributed by atoms with van der Waals surface area (Å²) in [5, 5.41) is 10.1. The molecule has 1 atom stereocenters. The molecular weight excluding hydrogens is 278 g/mol. The Kier molecular flexibility index (Phi) is 3.82. The molecule has 0 heterocycles. The Hall–Kier alpha value is -1.32. The molecule has 0 amide bonds. The number of nitrogen functional groups attached to an aromatic ring is 1. The van der Waals surface area contributed by atoms with Crippen LogP contribution < -0.4 is 5.73 Å². The first kappa shape index (κ1) is 12.1. The van der Waals surface area contributed by atoms with Gasteiger partial charge in [-0.15, -0.1) is 0 Å². The maximum absolute atomic E-state index is 10.1. The van der Waals surface area contributed by atoms with Crippen molar-refractivity contribution < 1.29 is 5.11 Å². The van der Waals surface area contributed by atoms with E-state index in [1.54, 1.807) is 12.1 Å². The topological polar surface area (TPSA) is 46.2 Å². The average Bonchev–Trinajstić information content (AvgIpc) is 2.29.